The van der Waals surface area contributed by atoms with Gasteiger partial charge in [-0.1, -0.05) is 23.6 Å². The van der Waals surface area contributed by atoms with Crippen LogP contribution in [-0.2, 0) is 4.79 Å². The summed E-state index contributed by atoms with van der Waals surface area (Å²) < 4.78 is 0.621. The molecule has 0 saturated carbocycles. The maximum Gasteiger partial charge on any atom is 0.246 e. The highest BCUT2D eigenvalue weighted by Gasteiger charge is 2.11. The summed E-state index contributed by atoms with van der Waals surface area (Å²) in [5.74, 6) is 2.69. The van der Waals surface area contributed by atoms with E-state index < -0.39 is 6.10 Å². The number of benzene rings is 1. The quantitative estimate of drug-likeness (QED) is 0.324. The predicted octanol–water partition coefficient (Wildman–Crippen LogP) is 2.61. The van der Waals surface area contributed by atoms with Crippen molar-refractivity contribution in [3.8, 4) is 12.3 Å². The molecule has 1 unspecified atom stereocenters. The van der Waals surface area contributed by atoms with Gasteiger partial charge in [0.25, 0.3) is 0 Å². The third kappa shape index (κ3) is 6.94. The van der Waals surface area contributed by atoms with E-state index in [-0.39, 0.29) is 19.0 Å². The van der Waals surface area contributed by atoms with Crippen LogP contribution in [0.3, 0.4) is 0 Å². The first-order valence-electron chi connectivity index (χ1n) is 8.33. The van der Waals surface area contributed by atoms with Crippen LogP contribution in [0.25, 0.3) is 0 Å². The minimum atomic E-state index is -0.716. The number of hydrogen-bond acceptors (Lipinski definition) is 4. The van der Waals surface area contributed by atoms with E-state index in [1.165, 1.54) is 11.3 Å². The molecule has 4 N–H and O–H groups in total. The lowest BCUT2D eigenvalue weighted by Gasteiger charge is -2.14. The number of rotatable bonds is 7. The highest BCUT2D eigenvalue weighted by Crippen LogP contribution is 2.26. The lowest BCUT2D eigenvalue weighted by Crippen LogP contribution is -2.40. The van der Waals surface area contributed by atoms with Crippen molar-refractivity contribution in [2.24, 2.45) is 4.99 Å². The molecule has 142 valence electrons. The number of hydrogen-bond donors (Lipinski definition) is 4. The molecule has 6 nitrogen and oxygen atoms in total. The number of guanidine groups is 1. The van der Waals surface area contributed by atoms with Crippen LogP contribution in [-0.4, -0.2) is 36.6 Å². The summed E-state index contributed by atoms with van der Waals surface area (Å²) in [6.45, 7) is 2.71. The van der Waals surface area contributed by atoms with Gasteiger partial charge in [-0.15, -0.1) is 17.8 Å². The Bertz CT molecular complexity index is 844. The van der Waals surface area contributed by atoms with Crippen LogP contribution in [0.5, 0.6) is 0 Å². The topological polar surface area (TPSA) is 85.8 Å². The van der Waals surface area contributed by atoms with E-state index in [1.54, 1.807) is 36.4 Å². The smallest absolute Gasteiger partial charge is 0.246 e. The molecule has 8 heteroatoms. The van der Waals surface area contributed by atoms with Gasteiger partial charge in [0.1, 0.15) is 12.6 Å². The molecule has 0 aliphatic rings. The molecule has 2 aromatic rings. The average molecular weight is 405 g/mol. The standard InChI is InChI=1S/C19H21ClN4O2S/c1-3-13-6-5-7-14(10-13)24-18(26)12-23-19(21-4-2)22-11-15(25)16-8-9-17(20)27-16/h1,5-10,15,25H,4,11-12H2,2H3,(H,24,26)(H2,21,22,23). The van der Waals surface area contributed by atoms with Crippen molar-refractivity contribution in [3.63, 3.8) is 0 Å². The molecule has 0 aliphatic heterocycles. The maximum atomic E-state index is 12.1. The summed E-state index contributed by atoms with van der Waals surface area (Å²) in [5.41, 5.74) is 1.31. The molecule has 2 rings (SSSR count). The van der Waals surface area contributed by atoms with Gasteiger partial charge in [0.2, 0.25) is 5.91 Å². The van der Waals surface area contributed by atoms with Gasteiger partial charge in [0.15, 0.2) is 5.96 Å². The van der Waals surface area contributed by atoms with Crippen LogP contribution in [0, 0.1) is 12.3 Å². The minimum absolute atomic E-state index is 0.0729. The van der Waals surface area contributed by atoms with Gasteiger partial charge in [-0.2, -0.15) is 0 Å². The number of amides is 1. The van der Waals surface area contributed by atoms with E-state index in [0.717, 1.165) is 4.88 Å². The zero-order chi connectivity index (χ0) is 19.6. The summed E-state index contributed by atoms with van der Waals surface area (Å²) in [5, 5.41) is 19.0. The van der Waals surface area contributed by atoms with Gasteiger partial charge in [-0.25, -0.2) is 4.99 Å². The van der Waals surface area contributed by atoms with Crippen LogP contribution in [0.15, 0.2) is 41.4 Å². The van der Waals surface area contributed by atoms with Crippen molar-refractivity contribution < 1.29 is 9.90 Å². The third-order valence-corrected chi connectivity index (χ3v) is 4.76. The first kappa shape index (κ1) is 20.8. The number of carbonyl (C=O) groups is 1. The number of aliphatic hydroxyl groups is 1. The Hall–Kier alpha value is -2.53. The molecule has 1 atom stereocenters. The molecule has 1 heterocycles. The highest BCUT2D eigenvalue weighted by molar-refractivity contribution is 7.16. The molecule has 0 bridgehead atoms. The lowest BCUT2D eigenvalue weighted by molar-refractivity contribution is -0.114. The highest BCUT2D eigenvalue weighted by atomic mass is 35.5. The molecule has 0 aliphatic carbocycles. The molecular weight excluding hydrogens is 384 g/mol. The lowest BCUT2D eigenvalue weighted by atomic mass is 10.2. The van der Waals surface area contributed by atoms with E-state index in [0.29, 0.717) is 28.1 Å². The van der Waals surface area contributed by atoms with Crippen molar-refractivity contribution in [2.45, 2.75) is 13.0 Å². The number of terminal acetylenes is 1. The zero-order valence-electron chi connectivity index (χ0n) is 14.8. The number of carbonyl (C=O) groups excluding carboxylic acids is 1. The van der Waals surface area contributed by atoms with Gasteiger partial charge < -0.3 is 21.1 Å². The summed E-state index contributed by atoms with van der Waals surface area (Å²) in [6, 6.07) is 10.6. The fraction of sp³-hybridized carbons (Fsp3) is 0.263. The first-order valence-corrected chi connectivity index (χ1v) is 9.53. The van der Waals surface area contributed by atoms with Crippen molar-refractivity contribution in [1.82, 2.24) is 10.6 Å². The second kappa shape index (κ2) is 10.6. The Balaban J connectivity index is 1.89. The van der Waals surface area contributed by atoms with E-state index >= 15 is 0 Å². The number of aliphatic hydroxyl groups excluding tert-OH is 1. The molecule has 1 aromatic carbocycles. The Morgan fingerprint density at radius 3 is 2.85 bits per heavy atom. The zero-order valence-corrected chi connectivity index (χ0v) is 16.4. The number of nitrogens with one attached hydrogen (secondary N) is 3. The van der Waals surface area contributed by atoms with Gasteiger partial charge >= 0.3 is 0 Å². The number of anilines is 1. The third-order valence-electron chi connectivity index (χ3n) is 3.42. The predicted molar refractivity (Wildman–Crippen MR) is 111 cm³/mol. The first-order chi connectivity index (χ1) is 13.0. The monoisotopic (exact) mass is 404 g/mol. The van der Waals surface area contributed by atoms with Gasteiger partial charge in [-0.05, 0) is 37.3 Å². The Morgan fingerprint density at radius 1 is 1.37 bits per heavy atom. The molecule has 27 heavy (non-hydrogen) atoms. The molecule has 0 spiro atoms. The van der Waals surface area contributed by atoms with Gasteiger partial charge in [0.05, 0.1) is 4.34 Å². The van der Waals surface area contributed by atoms with Crippen LogP contribution in [0.1, 0.15) is 23.5 Å². The van der Waals surface area contributed by atoms with Crippen molar-refractivity contribution >= 4 is 40.5 Å². The van der Waals surface area contributed by atoms with Crippen molar-refractivity contribution in [3.05, 3.63) is 51.2 Å². The van der Waals surface area contributed by atoms with Crippen LogP contribution >= 0.6 is 22.9 Å². The number of thiophene rings is 1. The fourth-order valence-corrected chi connectivity index (χ4v) is 3.23. The average Bonchev–Trinajstić information content (AvgIpc) is 3.10. The van der Waals surface area contributed by atoms with Crippen molar-refractivity contribution in [1.29, 1.82) is 0 Å². The van der Waals surface area contributed by atoms with Crippen molar-refractivity contribution in [2.75, 3.05) is 25.0 Å². The number of aliphatic imine (C=N–C) groups is 1. The van der Waals surface area contributed by atoms with Gasteiger partial charge in [0, 0.05) is 29.2 Å². The van der Waals surface area contributed by atoms with Gasteiger partial charge in [-0.3, -0.25) is 4.79 Å². The maximum absolute atomic E-state index is 12.1. The molecule has 0 fully saturated rings. The Kier molecular flexibility index (Phi) is 8.14. The number of nitrogens with zero attached hydrogens (tertiary/aromatic N) is 1. The van der Waals surface area contributed by atoms with E-state index in [1.807, 2.05) is 6.92 Å². The van der Waals surface area contributed by atoms with Crippen LogP contribution < -0.4 is 16.0 Å². The Labute approximate surface area is 167 Å². The number of halogens is 1. The second-order valence-corrected chi connectivity index (χ2v) is 7.25. The van der Waals surface area contributed by atoms with Crippen LogP contribution in [0.4, 0.5) is 5.69 Å². The second-order valence-electron chi connectivity index (χ2n) is 5.51. The molecular formula is C19H21ClN4O2S. The van der Waals surface area contributed by atoms with E-state index in [9.17, 15) is 9.90 Å². The van der Waals surface area contributed by atoms with E-state index in [4.69, 9.17) is 18.0 Å². The molecule has 1 aromatic heterocycles. The SMILES string of the molecule is C#Cc1cccc(NC(=O)CN=C(NCC)NCC(O)c2ccc(Cl)s2)c1. The Morgan fingerprint density at radius 2 is 2.19 bits per heavy atom. The summed E-state index contributed by atoms with van der Waals surface area (Å²) >= 11 is 7.20. The molecule has 1 amide bonds. The minimum Gasteiger partial charge on any atom is -0.386 e. The van der Waals surface area contributed by atoms with Crippen LogP contribution in [0.2, 0.25) is 4.34 Å². The largest absolute Gasteiger partial charge is 0.386 e. The van der Waals surface area contributed by atoms with E-state index in [2.05, 4.69) is 26.9 Å². The summed E-state index contributed by atoms with van der Waals surface area (Å²) in [4.78, 5) is 17.1. The summed E-state index contributed by atoms with van der Waals surface area (Å²) in [6.07, 6.45) is 4.64. The molecule has 0 radical (unpaired) electrons. The normalized spacial score (nSPS) is 12.1. The fourth-order valence-electron chi connectivity index (χ4n) is 2.18. The summed E-state index contributed by atoms with van der Waals surface area (Å²) in [7, 11) is 0. The molecule has 0 saturated heterocycles.